The molecule has 2 amide bonds. The van der Waals surface area contributed by atoms with Crippen molar-refractivity contribution in [2.45, 2.75) is 13.3 Å². The first-order chi connectivity index (χ1) is 22.3. The summed E-state index contributed by atoms with van der Waals surface area (Å²) in [5, 5.41) is 11.3. The number of nitrogens with one attached hydrogen (secondary N) is 2. The Bertz CT molecular complexity index is 1860. The van der Waals surface area contributed by atoms with Crippen LogP contribution in [0.3, 0.4) is 0 Å². The van der Waals surface area contributed by atoms with Crippen molar-refractivity contribution in [2.24, 2.45) is 5.41 Å². The van der Waals surface area contributed by atoms with Crippen LogP contribution in [-0.2, 0) is 9.59 Å². The number of hydrogen-bond acceptors (Lipinski definition) is 8. The topological polar surface area (TPSA) is 123 Å². The van der Waals surface area contributed by atoms with Crippen molar-refractivity contribution in [1.82, 2.24) is 34.9 Å². The maximum absolute atomic E-state index is 13.5. The number of H-pyrrole nitrogens is 1. The van der Waals surface area contributed by atoms with Crippen molar-refractivity contribution in [1.29, 1.82) is 0 Å². The highest BCUT2D eigenvalue weighted by Gasteiger charge is 2.41. The molecular weight excluding hydrogens is 585 g/mol. The maximum Gasteiger partial charge on any atom is 0.236 e. The number of amides is 2. The van der Waals surface area contributed by atoms with Gasteiger partial charge in [-0.05, 0) is 80.6 Å². The molecule has 2 aliphatic heterocycles. The van der Waals surface area contributed by atoms with Gasteiger partial charge in [0.2, 0.25) is 11.8 Å². The van der Waals surface area contributed by atoms with Crippen LogP contribution >= 0.6 is 0 Å². The van der Waals surface area contributed by atoms with Crippen molar-refractivity contribution < 1.29 is 14.0 Å². The molecule has 234 valence electrons. The van der Waals surface area contributed by atoms with Gasteiger partial charge >= 0.3 is 0 Å². The smallest absolute Gasteiger partial charge is 0.236 e. The van der Waals surface area contributed by atoms with Gasteiger partial charge in [-0.2, -0.15) is 5.10 Å². The van der Waals surface area contributed by atoms with Gasteiger partial charge in [0.05, 0.1) is 23.2 Å². The molecule has 1 atom stereocenters. The van der Waals surface area contributed by atoms with Crippen LogP contribution in [-0.4, -0.2) is 92.6 Å². The molecule has 0 spiro atoms. The van der Waals surface area contributed by atoms with Gasteiger partial charge in [-0.3, -0.25) is 19.6 Å². The molecule has 12 heteroatoms. The fourth-order valence-corrected chi connectivity index (χ4v) is 6.21. The third-order valence-electron chi connectivity index (χ3n) is 8.93. The fraction of sp³-hybridized carbons (Fsp3) is 0.294. The molecule has 0 radical (unpaired) electrons. The van der Waals surface area contributed by atoms with Crippen molar-refractivity contribution in [3.63, 3.8) is 0 Å². The Balaban J connectivity index is 0.921. The van der Waals surface area contributed by atoms with E-state index in [-0.39, 0.29) is 24.2 Å². The monoisotopic (exact) mass is 619 g/mol. The lowest BCUT2D eigenvalue weighted by Crippen LogP contribution is -2.51. The summed E-state index contributed by atoms with van der Waals surface area (Å²) in [4.78, 5) is 46.0. The summed E-state index contributed by atoms with van der Waals surface area (Å²) in [6.07, 6.45) is 5.86. The highest BCUT2D eigenvalue weighted by atomic mass is 19.1. The summed E-state index contributed by atoms with van der Waals surface area (Å²) < 4.78 is 13.4. The third kappa shape index (κ3) is 6.03. The number of anilines is 2. The van der Waals surface area contributed by atoms with E-state index < -0.39 is 5.41 Å². The zero-order valence-electron chi connectivity index (χ0n) is 25.5. The SMILES string of the molecule is CC1(C(=O)Nc2ccc3[nH]nc(-c4ccc(F)cc4)c3c2)CCN(CC(=O)N2CCN(c3ccc(-c4ncccn4)cn3)CC2)C1. The number of rotatable bonds is 7. The second-order valence-electron chi connectivity index (χ2n) is 12.2. The van der Waals surface area contributed by atoms with Crippen LogP contribution in [0.2, 0.25) is 0 Å². The van der Waals surface area contributed by atoms with Gasteiger partial charge in [0.1, 0.15) is 11.6 Å². The first-order valence-electron chi connectivity index (χ1n) is 15.4. The molecule has 3 aromatic heterocycles. The van der Waals surface area contributed by atoms with E-state index >= 15 is 0 Å². The highest BCUT2D eigenvalue weighted by Crippen LogP contribution is 2.33. The number of aromatic nitrogens is 5. The van der Waals surface area contributed by atoms with Crippen molar-refractivity contribution in [3.8, 4) is 22.6 Å². The van der Waals surface area contributed by atoms with Crippen LogP contribution in [0.25, 0.3) is 33.5 Å². The van der Waals surface area contributed by atoms with Crippen LogP contribution in [0.4, 0.5) is 15.9 Å². The zero-order valence-corrected chi connectivity index (χ0v) is 25.5. The minimum Gasteiger partial charge on any atom is -0.353 e. The molecule has 2 aliphatic rings. The fourth-order valence-electron chi connectivity index (χ4n) is 6.21. The summed E-state index contributed by atoms with van der Waals surface area (Å²) >= 11 is 0. The van der Waals surface area contributed by atoms with Gasteiger partial charge < -0.3 is 15.1 Å². The van der Waals surface area contributed by atoms with E-state index in [4.69, 9.17) is 0 Å². The van der Waals surface area contributed by atoms with Gasteiger partial charge in [-0.25, -0.2) is 19.3 Å². The molecule has 5 aromatic rings. The first kappa shape index (κ1) is 29.5. The number of nitrogens with zero attached hydrogens (tertiary/aromatic N) is 7. The molecule has 46 heavy (non-hydrogen) atoms. The molecule has 7 rings (SSSR count). The van der Waals surface area contributed by atoms with Crippen LogP contribution in [0.15, 0.2) is 79.3 Å². The number of fused-ring (bicyclic) bond motifs is 1. The Labute approximate surface area is 265 Å². The Morgan fingerprint density at radius 1 is 0.935 bits per heavy atom. The molecule has 2 fully saturated rings. The predicted molar refractivity (Wildman–Crippen MR) is 173 cm³/mol. The van der Waals surface area contributed by atoms with Crippen LogP contribution in [0.5, 0.6) is 0 Å². The molecule has 2 N–H and O–H groups in total. The summed E-state index contributed by atoms with van der Waals surface area (Å²) in [5.41, 5.74) is 3.18. The molecule has 11 nitrogen and oxygen atoms in total. The summed E-state index contributed by atoms with van der Waals surface area (Å²) in [7, 11) is 0. The quantitative estimate of drug-likeness (QED) is 0.278. The average Bonchev–Trinajstić information content (AvgIpc) is 3.69. The largest absolute Gasteiger partial charge is 0.353 e. The van der Waals surface area contributed by atoms with E-state index in [0.717, 1.165) is 27.8 Å². The van der Waals surface area contributed by atoms with Crippen LogP contribution < -0.4 is 10.2 Å². The van der Waals surface area contributed by atoms with E-state index in [1.807, 2.05) is 42.2 Å². The first-order valence-corrected chi connectivity index (χ1v) is 15.4. The van der Waals surface area contributed by atoms with Gasteiger partial charge in [-0.15, -0.1) is 0 Å². The number of pyridine rings is 1. The minimum atomic E-state index is -0.632. The summed E-state index contributed by atoms with van der Waals surface area (Å²) in [6.45, 7) is 6.04. The molecule has 0 aliphatic carbocycles. The molecular formula is C34H34FN9O2. The standard InChI is InChI=1S/C34H34FN9O2/c1-34(33(46)39-26-8-9-28-27(19-26)31(41-40-28)23-3-6-25(35)7-4-23)11-14-42(22-34)21-30(45)44-17-15-43(16-18-44)29-10-5-24(20-38-29)32-36-12-2-13-37-32/h2-10,12-13,19-20H,11,14-18,21-22H2,1H3,(H,39,46)(H,40,41). The van der Waals surface area contributed by atoms with Gasteiger partial charge in [0.15, 0.2) is 5.82 Å². The average molecular weight is 620 g/mol. The normalized spacial score (nSPS) is 18.7. The summed E-state index contributed by atoms with van der Waals surface area (Å²) in [5.74, 6) is 1.19. The number of hydrogen-bond donors (Lipinski definition) is 2. The number of piperazine rings is 1. The number of likely N-dealkylation sites (tertiary alicyclic amines) is 1. The minimum absolute atomic E-state index is 0.0765. The van der Waals surface area contributed by atoms with E-state index in [0.29, 0.717) is 62.9 Å². The number of carbonyl (C=O) groups excluding carboxylic acids is 2. The second-order valence-corrected chi connectivity index (χ2v) is 12.2. The Morgan fingerprint density at radius 3 is 2.43 bits per heavy atom. The Hall–Kier alpha value is -5.23. The van der Waals surface area contributed by atoms with Crippen molar-refractivity contribution in [3.05, 3.63) is 85.1 Å². The van der Waals surface area contributed by atoms with E-state index in [9.17, 15) is 14.0 Å². The Morgan fingerprint density at radius 2 is 1.70 bits per heavy atom. The number of halogens is 1. The van der Waals surface area contributed by atoms with Crippen LogP contribution in [0.1, 0.15) is 13.3 Å². The maximum atomic E-state index is 13.5. The van der Waals surface area contributed by atoms with Gasteiger partial charge in [-0.1, -0.05) is 0 Å². The molecule has 0 saturated carbocycles. The number of benzene rings is 2. The number of aromatic amines is 1. The third-order valence-corrected chi connectivity index (χ3v) is 8.93. The highest BCUT2D eigenvalue weighted by molar-refractivity contribution is 6.00. The molecule has 0 bridgehead atoms. The zero-order chi connectivity index (χ0) is 31.7. The molecule has 2 aromatic carbocycles. The molecule has 5 heterocycles. The number of carbonyl (C=O) groups is 2. The lowest BCUT2D eigenvalue weighted by molar-refractivity contribution is -0.133. The van der Waals surface area contributed by atoms with E-state index in [2.05, 4.69) is 40.3 Å². The Kier molecular flexibility index (Phi) is 7.87. The lowest BCUT2D eigenvalue weighted by Gasteiger charge is -2.36. The van der Waals surface area contributed by atoms with E-state index in [1.165, 1.54) is 12.1 Å². The van der Waals surface area contributed by atoms with Crippen LogP contribution in [0, 0.1) is 11.2 Å². The lowest BCUT2D eigenvalue weighted by atomic mass is 9.88. The van der Waals surface area contributed by atoms with Gasteiger partial charge in [0, 0.05) is 73.5 Å². The molecule has 1 unspecified atom stereocenters. The van der Waals surface area contributed by atoms with E-state index in [1.54, 1.807) is 36.8 Å². The summed E-state index contributed by atoms with van der Waals surface area (Å²) in [6, 6.07) is 17.5. The van der Waals surface area contributed by atoms with Crippen molar-refractivity contribution in [2.75, 3.05) is 56.0 Å². The van der Waals surface area contributed by atoms with Gasteiger partial charge in [0.25, 0.3) is 0 Å². The second kappa shape index (κ2) is 12.3. The molecule has 2 saturated heterocycles. The van der Waals surface area contributed by atoms with Crippen molar-refractivity contribution >= 4 is 34.2 Å². The predicted octanol–water partition coefficient (Wildman–Crippen LogP) is 4.22.